The molecule has 8 heteroatoms. The van der Waals surface area contributed by atoms with Crippen molar-refractivity contribution in [3.05, 3.63) is 48.0 Å². The number of nitrogens with one attached hydrogen (secondary N) is 1. The van der Waals surface area contributed by atoms with Crippen LogP contribution in [0.5, 0.6) is 11.5 Å². The van der Waals surface area contributed by atoms with Crippen molar-refractivity contribution < 1.29 is 23.8 Å². The third-order valence-corrected chi connectivity index (χ3v) is 5.48. The van der Waals surface area contributed by atoms with Gasteiger partial charge < -0.3 is 24.4 Å². The lowest BCUT2D eigenvalue weighted by atomic mass is 10.0. The minimum Gasteiger partial charge on any atom is -0.497 e. The highest BCUT2D eigenvalue weighted by molar-refractivity contribution is 5.93. The van der Waals surface area contributed by atoms with Crippen molar-refractivity contribution in [2.24, 2.45) is 0 Å². The quantitative estimate of drug-likeness (QED) is 0.804. The molecule has 3 amide bonds. The second kappa shape index (κ2) is 8.52. The van der Waals surface area contributed by atoms with Gasteiger partial charge in [-0.1, -0.05) is 6.07 Å². The number of carbonyl (C=O) groups is 2. The molecule has 2 aliphatic heterocycles. The van der Waals surface area contributed by atoms with E-state index in [9.17, 15) is 9.59 Å². The molecule has 2 aliphatic rings. The van der Waals surface area contributed by atoms with Gasteiger partial charge in [0.1, 0.15) is 18.1 Å². The summed E-state index contributed by atoms with van der Waals surface area (Å²) in [7, 11) is 3.23. The number of amides is 3. The summed E-state index contributed by atoms with van der Waals surface area (Å²) in [5, 5.41) is 2.97. The third-order valence-electron chi connectivity index (χ3n) is 5.48. The van der Waals surface area contributed by atoms with E-state index < -0.39 is 0 Å². The van der Waals surface area contributed by atoms with Gasteiger partial charge in [0.05, 0.1) is 26.8 Å². The Morgan fingerprint density at radius 1 is 1.13 bits per heavy atom. The topological polar surface area (TPSA) is 80.3 Å². The highest BCUT2D eigenvalue weighted by Crippen LogP contribution is 2.39. The molecular formula is C22H25N3O5. The maximum atomic E-state index is 13.1. The van der Waals surface area contributed by atoms with E-state index in [1.807, 2.05) is 41.3 Å². The van der Waals surface area contributed by atoms with Gasteiger partial charge in [-0.05, 0) is 43.2 Å². The first kappa shape index (κ1) is 19.9. The van der Waals surface area contributed by atoms with Crippen LogP contribution in [0.4, 0.5) is 21.0 Å². The Balaban J connectivity index is 1.52. The molecule has 2 aromatic carbocycles. The van der Waals surface area contributed by atoms with E-state index in [0.29, 0.717) is 42.6 Å². The predicted molar refractivity (Wildman–Crippen MR) is 112 cm³/mol. The first-order valence-corrected chi connectivity index (χ1v) is 9.94. The summed E-state index contributed by atoms with van der Waals surface area (Å²) >= 11 is 0. The van der Waals surface area contributed by atoms with Gasteiger partial charge in [0.15, 0.2) is 0 Å². The van der Waals surface area contributed by atoms with E-state index in [1.165, 1.54) is 0 Å². The summed E-state index contributed by atoms with van der Waals surface area (Å²) in [6, 6.07) is 12.6. The number of urea groups is 1. The molecule has 0 aliphatic carbocycles. The van der Waals surface area contributed by atoms with E-state index in [-0.39, 0.29) is 18.2 Å². The van der Waals surface area contributed by atoms with Crippen molar-refractivity contribution in [1.82, 2.24) is 4.90 Å². The predicted octanol–water partition coefficient (Wildman–Crippen LogP) is 4.03. The van der Waals surface area contributed by atoms with Gasteiger partial charge in [-0.15, -0.1) is 0 Å². The molecule has 0 aromatic heterocycles. The van der Waals surface area contributed by atoms with Crippen molar-refractivity contribution >= 4 is 23.5 Å². The van der Waals surface area contributed by atoms with Crippen LogP contribution >= 0.6 is 0 Å². The molecule has 0 saturated carbocycles. The second-order valence-electron chi connectivity index (χ2n) is 7.21. The number of ether oxygens (including phenoxy) is 3. The van der Waals surface area contributed by atoms with Crippen LogP contribution in [-0.4, -0.2) is 50.9 Å². The van der Waals surface area contributed by atoms with Crippen molar-refractivity contribution in [3.63, 3.8) is 0 Å². The molecule has 2 heterocycles. The highest BCUT2D eigenvalue weighted by Gasteiger charge is 2.32. The van der Waals surface area contributed by atoms with Gasteiger partial charge in [-0.3, -0.25) is 4.90 Å². The fraction of sp³-hybridized carbons (Fsp3) is 0.364. The number of anilines is 2. The Morgan fingerprint density at radius 2 is 2.00 bits per heavy atom. The summed E-state index contributed by atoms with van der Waals surface area (Å²) in [4.78, 5) is 28.2. The zero-order valence-corrected chi connectivity index (χ0v) is 17.1. The average molecular weight is 411 g/mol. The maximum absolute atomic E-state index is 13.1. The second-order valence-corrected chi connectivity index (χ2v) is 7.21. The maximum Gasteiger partial charge on any atom is 0.414 e. The van der Waals surface area contributed by atoms with Crippen molar-refractivity contribution in [3.8, 4) is 11.5 Å². The minimum absolute atomic E-state index is 0.0809. The van der Waals surface area contributed by atoms with E-state index >= 15 is 0 Å². The van der Waals surface area contributed by atoms with E-state index in [2.05, 4.69) is 5.32 Å². The molecule has 0 radical (unpaired) electrons. The van der Waals surface area contributed by atoms with Gasteiger partial charge in [0.25, 0.3) is 0 Å². The highest BCUT2D eigenvalue weighted by atomic mass is 16.6. The molecule has 0 spiro atoms. The zero-order chi connectivity index (χ0) is 21.1. The van der Waals surface area contributed by atoms with E-state index in [0.717, 1.165) is 18.4 Å². The van der Waals surface area contributed by atoms with Gasteiger partial charge >= 0.3 is 12.1 Å². The number of methoxy groups -OCH3 is 2. The first-order valence-electron chi connectivity index (χ1n) is 9.94. The Kier molecular flexibility index (Phi) is 5.65. The standard InChI is InChI=1S/C22H25N3O5/c1-28-17-8-9-18(20(14-17)29-2)19-7-4-10-25(19)21(26)23-15-5-3-6-16(13-15)24-11-12-30-22(24)27/h3,5-6,8-9,13-14,19H,4,7,10-12H2,1-2H3,(H,23,26). The van der Waals surface area contributed by atoms with Crippen LogP contribution < -0.4 is 19.7 Å². The molecule has 158 valence electrons. The molecule has 1 unspecified atom stereocenters. The Morgan fingerprint density at radius 3 is 2.73 bits per heavy atom. The smallest absolute Gasteiger partial charge is 0.414 e. The van der Waals surface area contributed by atoms with Gasteiger partial charge in [0.2, 0.25) is 0 Å². The van der Waals surface area contributed by atoms with Gasteiger partial charge in [-0.25, -0.2) is 9.59 Å². The Labute approximate surface area is 175 Å². The summed E-state index contributed by atoms with van der Waals surface area (Å²) in [6.07, 6.45) is 1.40. The SMILES string of the molecule is COc1ccc(C2CCCN2C(=O)Nc2cccc(N3CCOC3=O)c2)c(OC)c1. The largest absolute Gasteiger partial charge is 0.497 e. The Bertz CT molecular complexity index is 948. The van der Waals surface area contributed by atoms with Crippen LogP contribution in [0.25, 0.3) is 0 Å². The van der Waals surface area contributed by atoms with Gasteiger partial charge in [-0.2, -0.15) is 0 Å². The summed E-state index contributed by atoms with van der Waals surface area (Å²) in [6.45, 7) is 1.53. The summed E-state index contributed by atoms with van der Waals surface area (Å²) < 4.78 is 15.8. The number of carbonyl (C=O) groups excluding carboxylic acids is 2. The molecule has 8 nitrogen and oxygen atoms in total. The molecule has 2 fully saturated rings. The molecule has 2 saturated heterocycles. The monoisotopic (exact) mass is 411 g/mol. The van der Waals surface area contributed by atoms with Crippen LogP contribution in [0.1, 0.15) is 24.4 Å². The fourth-order valence-corrected chi connectivity index (χ4v) is 4.00. The number of likely N-dealkylation sites (tertiary alicyclic amines) is 1. The number of cyclic esters (lactones) is 1. The molecule has 0 bridgehead atoms. The van der Waals surface area contributed by atoms with E-state index in [4.69, 9.17) is 14.2 Å². The zero-order valence-electron chi connectivity index (χ0n) is 17.1. The van der Waals surface area contributed by atoms with Crippen molar-refractivity contribution in [1.29, 1.82) is 0 Å². The summed E-state index contributed by atoms with van der Waals surface area (Å²) in [5.74, 6) is 1.41. The fourth-order valence-electron chi connectivity index (χ4n) is 4.00. The van der Waals surface area contributed by atoms with Crippen LogP contribution in [-0.2, 0) is 4.74 Å². The number of benzene rings is 2. The number of nitrogens with zero attached hydrogens (tertiary/aromatic N) is 2. The van der Waals surface area contributed by atoms with Crippen LogP contribution in [0, 0.1) is 0 Å². The lowest BCUT2D eigenvalue weighted by Crippen LogP contribution is -2.34. The van der Waals surface area contributed by atoms with Gasteiger partial charge in [0, 0.05) is 29.5 Å². The van der Waals surface area contributed by atoms with Crippen LogP contribution in [0.2, 0.25) is 0 Å². The lowest BCUT2D eigenvalue weighted by molar-refractivity contribution is 0.181. The van der Waals surface area contributed by atoms with Crippen molar-refractivity contribution in [2.45, 2.75) is 18.9 Å². The third kappa shape index (κ3) is 3.85. The Hall–Kier alpha value is -3.42. The lowest BCUT2D eigenvalue weighted by Gasteiger charge is -2.27. The molecule has 4 rings (SSSR count). The number of rotatable bonds is 5. The van der Waals surface area contributed by atoms with Crippen molar-refractivity contribution in [2.75, 3.05) is 44.1 Å². The molecule has 1 atom stereocenters. The first-order chi connectivity index (χ1) is 14.6. The number of hydrogen-bond acceptors (Lipinski definition) is 5. The molecule has 2 aromatic rings. The number of hydrogen-bond donors (Lipinski definition) is 1. The van der Waals surface area contributed by atoms with Crippen LogP contribution in [0.3, 0.4) is 0 Å². The van der Waals surface area contributed by atoms with E-state index in [1.54, 1.807) is 25.2 Å². The van der Waals surface area contributed by atoms with Crippen LogP contribution in [0.15, 0.2) is 42.5 Å². The minimum atomic E-state index is -0.371. The summed E-state index contributed by atoms with van der Waals surface area (Å²) in [5.41, 5.74) is 2.29. The molecule has 30 heavy (non-hydrogen) atoms. The molecule has 1 N–H and O–H groups in total. The normalized spacial score (nSPS) is 18.3. The molecular weight excluding hydrogens is 386 g/mol. The average Bonchev–Trinajstić information content (AvgIpc) is 3.42.